The summed E-state index contributed by atoms with van der Waals surface area (Å²) < 4.78 is 7.09. The number of ether oxygens (including phenoxy) is 1. The smallest absolute Gasteiger partial charge is 0.407 e. The zero-order chi connectivity index (χ0) is 17.9. The van der Waals surface area contributed by atoms with E-state index in [1.54, 1.807) is 32.9 Å². The Morgan fingerprint density at radius 2 is 2.21 bits per heavy atom. The van der Waals surface area contributed by atoms with Crippen molar-refractivity contribution in [3.8, 4) is 6.07 Å². The second kappa shape index (κ2) is 6.89. The van der Waals surface area contributed by atoms with Crippen LogP contribution in [0.25, 0.3) is 11.0 Å². The number of hydrogen-bond acceptors (Lipinski definition) is 5. The van der Waals surface area contributed by atoms with E-state index >= 15 is 0 Å². The molecule has 0 spiro atoms. The summed E-state index contributed by atoms with van der Waals surface area (Å²) in [6.45, 7) is 5.10. The van der Waals surface area contributed by atoms with Gasteiger partial charge in [0.2, 0.25) is 0 Å². The molecule has 0 saturated carbocycles. The molecule has 24 heavy (non-hydrogen) atoms. The Hall–Kier alpha value is -2.59. The van der Waals surface area contributed by atoms with Gasteiger partial charge in [-0.05, 0) is 39.0 Å². The molecular formula is C17H22N4O3. The van der Waals surface area contributed by atoms with Crippen molar-refractivity contribution in [2.75, 3.05) is 6.61 Å². The molecule has 1 amide bonds. The van der Waals surface area contributed by atoms with Gasteiger partial charge < -0.3 is 19.7 Å². The summed E-state index contributed by atoms with van der Waals surface area (Å²) in [6.07, 6.45) is -0.227. The molecule has 0 aliphatic carbocycles. The van der Waals surface area contributed by atoms with E-state index in [1.807, 2.05) is 17.7 Å². The van der Waals surface area contributed by atoms with E-state index in [-0.39, 0.29) is 6.61 Å². The molecule has 1 aromatic heterocycles. The monoisotopic (exact) mass is 330 g/mol. The molecule has 1 heterocycles. The number of nitrogens with zero attached hydrogens (tertiary/aromatic N) is 3. The van der Waals surface area contributed by atoms with Gasteiger partial charge in [-0.15, -0.1) is 0 Å². The van der Waals surface area contributed by atoms with E-state index < -0.39 is 17.7 Å². The SMILES string of the molecule is Cn1c(C[C@@H](CO)NC(=O)OC(C)(C)C)nc2cc(C#N)ccc21. The number of aryl methyl sites for hydroxylation is 1. The molecule has 0 aliphatic heterocycles. The lowest BCUT2D eigenvalue weighted by Crippen LogP contribution is -2.42. The summed E-state index contributed by atoms with van der Waals surface area (Å²) in [4.78, 5) is 16.4. The van der Waals surface area contributed by atoms with Crippen LogP contribution in [0.1, 0.15) is 32.2 Å². The summed E-state index contributed by atoms with van der Waals surface area (Å²) in [5.74, 6) is 0.704. The molecule has 0 bridgehead atoms. The van der Waals surface area contributed by atoms with Gasteiger partial charge in [0.15, 0.2) is 0 Å². The summed E-state index contributed by atoms with van der Waals surface area (Å²) in [5.41, 5.74) is 1.53. The molecule has 1 aromatic carbocycles. The van der Waals surface area contributed by atoms with Crippen LogP contribution in [0.2, 0.25) is 0 Å². The van der Waals surface area contributed by atoms with Gasteiger partial charge in [-0.3, -0.25) is 0 Å². The van der Waals surface area contributed by atoms with E-state index in [0.29, 0.717) is 23.3 Å². The lowest BCUT2D eigenvalue weighted by Gasteiger charge is -2.22. The first-order valence-electron chi connectivity index (χ1n) is 7.69. The predicted molar refractivity (Wildman–Crippen MR) is 89.4 cm³/mol. The number of nitriles is 1. The number of nitrogens with one attached hydrogen (secondary N) is 1. The minimum Gasteiger partial charge on any atom is -0.444 e. The summed E-state index contributed by atoms with van der Waals surface area (Å²) in [6, 6.07) is 6.86. The van der Waals surface area contributed by atoms with Crippen molar-refractivity contribution in [2.45, 2.75) is 38.8 Å². The van der Waals surface area contributed by atoms with Gasteiger partial charge in [0.05, 0.1) is 35.3 Å². The molecule has 2 N–H and O–H groups in total. The van der Waals surface area contributed by atoms with Gasteiger partial charge >= 0.3 is 6.09 Å². The molecule has 7 nitrogen and oxygen atoms in total. The highest BCUT2D eigenvalue weighted by atomic mass is 16.6. The number of aliphatic hydroxyl groups is 1. The molecule has 0 aliphatic rings. The Kier molecular flexibility index (Phi) is 5.10. The van der Waals surface area contributed by atoms with Gasteiger partial charge in [-0.2, -0.15) is 5.26 Å². The first kappa shape index (κ1) is 17.8. The Labute approximate surface area is 140 Å². The molecular weight excluding hydrogens is 308 g/mol. The summed E-state index contributed by atoms with van der Waals surface area (Å²) in [7, 11) is 1.86. The molecule has 2 rings (SSSR count). The minimum atomic E-state index is -0.601. The number of aromatic nitrogens is 2. The first-order chi connectivity index (χ1) is 11.2. The van der Waals surface area contributed by atoms with Crippen molar-refractivity contribution in [1.82, 2.24) is 14.9 Å². The zero-order valence-electron chi connectivity index (χ0n) is 14.3. The number of amides is 1. The maximum atomic E-state index is 11.9. The van der Waals surface area contributed by atoms with Gasteiger partial charge in [-0.25, -0.2) is 9.78 Å². The van der Waals surface area contributed by atoms with Gasteiger partial charge in [0.1, 0.15) is 11.4 Å². The topological polar surface area (TPSA) is 100 Å². The van der Waals surface area contributed by atoms with Crippen LogP contribution in [-0.2, 0) is 18.2 Å². The van der Waals surface area contributed by atoms with E-state index in [4.69, 9.17) is 10.00 Å². The molecule has 1 atom stereocenters. The Bertz CT molecular complexity index is 783. The fourth-order valence-electron chi connectivity index (χ4n) is 2.36. The van der Waals surface area contributed by atoms with E-state index in [2.05, 4.69) is 16.4 Å². The Morgan fingerprint density at radius 3 is 2.79 bits per heavy atom. The number of alkyl carbamates (subject to hydrolysis) is 1. The lowest BCUT2D eigenvalue weighted by atomic mass is 10.2. The number of benzene rings is 1. The third-order valence-corrected chi connectivity index (χ3v) is 3.47. The molecule has 0 saturated heterocycles. The average molecular weight is 330 g/mol. The van der Waals surface area contributed by atoms with Crippen molar-refractivity contribution >= 4 is 17.1 Å². The zero-order valence-corrected chi connectivity index (χ0v) is 14.3. The Morgan fingerprint density at radius 1 is 1.50 bits per heavy atom. The number of aliphatic hydroxyl groups excluding tert-OH is 1. The molecule has 7 heteroatoms. The van der Waals surface area contributed by atoms with Crippen molar-refractivity contribution in [1.29, 1.82) is 5.26 Å². The van der Waals surface area contributed by atoms with Crippen LogP contribution < -0.4 is 5.32 Å². The van der Waals surface area contributed by atoms with Gasteiger partial charge in [0.25, 0.3) is 0 Å². The van der Waals surface area contributed by atoms with Crippen LogP contribution in [0.5, 0.6) is 0 Å². The Balaban J connectivity index is 2.16. The van der Waals surface area contributed by atoms with Gasteiger partial charge in [0, 0.05) is 13.5 Å². The highest BCUT2D eigenvalue weighted by Gasteiger charge is 2.21. The second-order valence-electron chi connectivity index (χ2n) is 6.63. The number of hydrogen-bond donors (Lipinski definition) is 2. The minimum absolute atomic E-state index is 0.230. The van der Waals surface area contributed by atoms with Crippen LogP contribution in [0.15, 0.2) is 18.2 Å². The molecule has 0 fully saturated rings. The fourth-order valence-corrected chi connectivity index (χ4v) is 2.36. The summed E-state index contributed by atoms with van der Waals surface area (Å²) >= 11 is 0. The molecule has 2 aromatic rings. The van der Waals surface area contributed by atoms with Crippen molar-refractivity contribution in [3.63, 3.8) is 0 Å². The van der Waals surface area contributed by atoms with Crippen LogP contribution >= 0.6 is 0 Å². The van der Waals surface area contributed by atoms with Crippen LogP contribution in [0.3, 0.4) is 0 Å². The largest absolute Gasteiger partial charge is 0.444 e. The average Bonchev–Trinajstić information content (AvgIpc) is 2.80. The summed E-state index contributed by atoms with van der Waals surface area (Å²) in [5, 5.41) is 21.2. The van der Waals surface area contributed by atoms with E-state index in [0.717, 1.165) is 5.52 Å². The second-order valence-corrected chi connectivity index (χ2v) is 6.63. The normalized spacial score (nSPS) is 12.7. The number of carbonyl (C=O) groups excluding carboxylic acids is 1. The van der Waals surface area contributed by atoms with E-state index in [9.17, 15) is 9.90 Å². The van der Waals surface area contributed by atoms with Gasteiger partial charge in [-0.1, -0.05) is 0 Å². The lowest BCUT2D eigenvalue weighted by molar-refractivity contribution is 0.0482. The first-order valence-corrected chi connectivity index (χ1v) is 7.69. The van der Waals surface area contributed by atoms with Crippen LogP contribution in [0.4, 0.5) is 4.79 Å². The molecule has 0 radical (unpaired) electrons. The standard InChI is InChI=1S/C17H22N4O3/c1-17(2,3)24-16(23)19-12(10-22)8-15-20-13-7-11(9-18)5-6-14(13)21(15)4/h5-7,12,22H,8,10H2,1-4H3,(H,19,23)/t12-/m0/s1. The van der Waals surface area contributed by atoms with Crippen LogP contribution in [-0.4, -0.2) is 39.0 Å². The molecule has 128 valence electrons. The maximum absolute atomic E-state index is 11.9. The van der Waals surface area contributed by atoms with E-state index in [1.165, 1.54) is 0 Å². The van der Waals surface area contributed by atoms with Crippen LogP contribution in [0, 0.1) is 11.3 Å². The fraction of sp³-hybridized carbons (Fsp3) is 0.471. The third kappa shape index (κ3) is 4.24. The van der Waals surface area contributed by atoms with Crippen molar-refractivity contribution in [2.24, 2.45) is 7.05 Å². The maximum Gasteiger partial charge on any atom is 0.407 e. The van der Waals surface area contributed by atoms with Crippen molar-refractivity contribution in [3.05, 3.63) is 29.6 Å². The van der Waals surface area contributed by atoms with Crippen molar-refractivity contribution < 1.29 is 14.6 Å². The molecule has 0 unspecified atom stereocenters. The predicted octanol–water partition coefficient (Wildman–Crippen LogP) is 1.87. The number of fused-ring (bicyclic) bond motifs is 1. The third-order valence-electron chi connectivity index (χ3n) is 3.47. The number of carbonyl (C=O) groups is 1. The highest BCUT2D eigenvalue weighted by molar-refractivity contribution is 5.77. The number of imidazole rings is 1. The number of rotatable bonds is 4. The highest BCUT2D eigenvalue weighted by Crippen LogP contribution is 2.17. The quantitative estimate of drug-likeness (QED) is 0.891.